The molecule has 152 valence electrons. The molecule has 4 aromatic carbocycles. The Balaban J connectivity index is 1.31. The van der Waals surface area contributed by atoms with Crippen molar-refractivity contribution >= 4 is 27.5 Å². The third-order valence-corrected chi connectivity index (χ3v) is 5.07. The van der Waals surface area contributed by atoms with Crippen molar-refractivity contribution in [3.8, 4) is 11.5 Å². The highest BCUT2D eigenvalue weighted by molar-refractivity contribution is 5.88. The summed E-state index contributed by atoms with van der Waals surface area (Å²) in [6, 6.07) is 28.0. The van der Waals surface area contributed by atoms with E-state index in [9.17, 15) is 4.79 Å². The fourth-order valence-electron chi connectivity index (χ4n) is 3.50. The van der Waals surface area contributed by atoms with E-state index >= 15 is 0 Å². The number of carbonyl (C=O) groups excluding carboxylic acids is 1. The zero-order valence-electron chi connectivity index (χ0n) is 17.0. The van der Waals surface area contributed by atoms with Gasteiger partial charge in [0.05, 0.1) is 6.54 Å². The SMILES string of the molecule is CC[C@@H](Oc1ccc2ccccc2c1)C(=O)NCCOc1cccc2ccccc12. The van der Waals surface area contributed by atoms with Gasteiger partial charge in [-0.05, 0) is 40.8 Å². The van der Waals surface area contributed by atoms with E-state index in [4.69, 9.17) is 9.47 Å². The van der Waals surface area contributed by atoms with Crippen LogP contribution < -0.4 is 14.8 Å². The average Bonchev–Trinajstić information content (AvgIpc) is 2.80. The first kappa shape index (κ1) is 19.8. The molecule has 0 bridgehead atoms. The van der Waals surface area contributed by atoms with E-state index in [1.807, 2.05) is 73.7 Å². The van der Waals surface area contributed by atoms with Crippen LogP contribution in [0, 0.1) is 0 Å². The van der Waals surface area contributed by atoms with Crippen molar-refractivity contribution < 1.29 is 14.3 Å². The third kappa shape index (κ3) is 4.54. The number of nitrogens with one attached hydrogen (secondary N) is 1. The van der Waals surface area contributed by atoms with Crippen LogP contribution in [0.1, 0.15) is 13.3 Å². The maximum absolute atomic E-state index is 12.6. The molecular formula is C26H25NO3. The highest BCUT2D eigenvalue weighted by atomic mass is 16.5. The minimum Gasteiger partial charge on any atom is -0.491 e. The molecule has 0 radical (unpaired) electrons. The van der Waals surface area contributed by atoms with Crippen molar-refractivity contribution in [2.45, 2.75) is 19.4 Å². The molecule has 4 heteroatoms. The molecule has 0 spiro atoms. The number of benzene rings is 4. The van der Waals surface area contributed by atoms with Crippen molar-refractivity contribution in [3.63, 3.8) is 0 Å². The first-order chi connectivity index (χ1) is 14.7. The summed E-state index contributed by atoms with van der Waals surface area (Å²) in [7, 11) is 0. The van der Waals surface area contributed by atoms with Crippen LogP contribution in [0.5, 0.6) is 11.5 Å². The predicted octanol–water partition coefficient (Wildman–Crippen LogP) is 5.35. The van der Waals surface area contributed by atoms with Crippen molar-refractivity contribution in [2.75, 3.05) is 13.2 Å². The van der Waals surface area contributed by atoms with Gasteiger partial charge in [0.2, 0.25) is 0 Å². The summed E-state index contributed by atoms with van der Waals surface area (Å²) < 4.78 is 11.8. The minimum absolute atomic E-state index is 0.132. The molecule has 0 unspecified atom stereocenters. The molecule has 4 nitrogen and oxygen atoms in total. The van der Waals surface area contributed by atoms with Gasteiger partial charge in [0, 0.05) is 5.39 Å². The lowest BCUT2D eigenvalue weighted by molar-refractivity contribution is -0.128. The Hall–Kier alpha value is -3.53. The average molecular weight is 399 g/mol. The molecule has 1 amide bonds. The van der Waals surface area contributed by atoms with Gasteiger partial charge in [-0.1, -0.05) is 73.7 Å². The van der Waals surface area contributed by atoms with Gasteiger partial charge in [0.15, 0.2) is 6.10 Å². The van der Waals surface area contributed by atoms with E-state index < -0.39 is 6.10 Å². The van der Waals surface area contributed by atoms with Gasteiger partial charge in [-0.25, -0.2) is 0 Å². The Morgan fingerprint density at radius 1 is 0.867 bits per heavy atom. The molecular weight excluding hydrogens is 374 g/mol. The zero-order valence-corrected chi connectivity index (χ0v) is 17.0. The predicted molar refractivity (Wildman–Crippen MR) is 121 cm³/mol. The summed E-state index contributed by atoms with van der Waals surface area (Å²) in [5.74, 6) is 1.39. The highest BCUT2D eigenvalue weighted by Gasteiger charge is 2.18. The van der Waals surface area contributed by atoms with E-state index in [0.29, 0.717) is 25.3 Å². The molecule has 0 saturated carbocycles. The largest absolute Gasteiger partial charge is 0.491 e. The van der Waals surface area contributed by atoms with Gasteiger partial charge >= 0.3 is 0 Å². The Morgan fingerprint density at radius 3 is 2.43 bits per heavy atom. The lowest BCUT2D eigenvalue weighted by atomic mass is 10.1. The van der Waals surface area contributed by atoms with Gasteiger partial charge < -0.3 is 14.8 Å². The fourth-order valence-corrected chi connectivity index (χ4v) is 3.50. The second-order valence-electron chi connectivity index (χ2n) is 7.14. The van der Waals surface area contributed by atoms with Crippen LogP contribution in [0.15, 0.2) is 84.9 Å². The molecule has 0 aliphatic rings. The second-order valence-corrected chi connectivity index (χ2v) is 7.14. The molecule has 30 heavy (non-hydrogen) atoms. The molecule has 0 saturated heterocycles. The van der Waals surface area contributed by atoms with Crippen LogP contribution in [0.3, 0.4) is 0 Å². The Kier molecular flexibility index (Phi) is 6.14. The standard InChI is InChI=1S/C26H25NO3/c1-2-24(30-22-15-14-19-8-3-4-10-21(19)18-22)26(28)27-16-17-29-25-13-7-11-20-9-5-6-12-23(20)25/h3-15,18,24H,2,16-17H2,1H3,(H,27,28)/t24-/m1/s1. The lowest BCUT2D eigenvalue weighted by Gasteiger charge is -2.18. The summed E-state index contributed by atoms with van der Waals surface area (Å²) in [4.78, 5) is 12.6. The number of carbonyl (C=O) groups is 1. The van der Waals surface area contributed by atoms with Crippen molar-refractivity contribution in [1.82, 2.24) is 5.32 Å². The summed E-state index contributed by atoms with van der Waals surface area (Å²) in [5, 5.41) is 7.36. The molecule has 4 aromatic rings. The van der Waals surface area contributed by atoms with Crippen molar-refractivity contribution in [1.29, 1.82) is 0 Å². The van der Waals surface area contributed by atoms with Gasteiger partial charge in [0.1, 0.15) is 18.1 Å². The van der Waals surface area contributed by atoms with Gasteiger partial charge in [-0.3, -0.25) is 4.79 Å². The van der Waals surface area contributed by atoms with E-state index in [0.717, 1.165) is 27.3 Å². The summed E-state index contributed by atoms with van der Waals surface area (Å²) in [6.45, 7) is 2.75. The van der Waals surface area contributed by atoms with E-state index in [-0.39, 0.29) is 5.91 Å². The highest BCUT2D eigenvalue weighted by Crippen LogP contribution is 2.25. The van der Waals surface area contributed by atoms with Crippen LogP contribution in [0.4, 0.5) is 0 Å². The van der Waals surface area contributed by atoms with E-state index in [2.05, 4.69) is 23.5 Å². The zero-order chi connectivity index (χ0) is 20.8. The van der Waals surface area contributed by atoms with Crippen molar-refractivity contribution in [3.05, 3.63) is 84.9 Å². The number of amides is 1. The maximum Gasteiger partial charge on any atom is 0.261 e. The summed E-state index contributed by atoms with van der Waals surface area (Å²) in [6.07, 6.45) is 0.0479. The molecule has 0 heterocycles. The van der Waals surface area contributed by atoms with Crippen molar-refractivity contribution in [2.24, 2.45) is 0 Å². The van der Waals surface area contributed by atoms with Crippen LogP contribution in [-0.2, 0) is 4.79 Å². The smallest absolute Gasteiger partial charge is 0.261 e. The van der Waals surface area contributed by atoms with Gasteiger partial charge in [-0.2, -0.15) is 0 Å². The van der Waals surface area contributed by atoms with Crippen LogP contribution in [0.2, 0.25) is 0 Å². The van der Waals surface area contributed by atoms with Gasteiger partial charge in [0.25, 0.3) is 5.91 Å². The Labute approximate surface area is 176 Å². The Bertz CT molecular complexity index is 1150. The summed E-state index contributed by atoms with van der Waals surface area (Å²) >= 11 is 0. The molecule has 0 fully saturated rings. The van der Waals surface area contributed by atoms with Crippen LogP contribution >= 0.6 is 0 Å². The number of fused-ring (bicyclic) bond motifs is 2. The molecule has 4 rings (SSSR count). The van der Waals surface area contributed by atoms with E-state index in [1.165, 1.54) is 0 Å². The van der Waals surface area contributed by atoms with E-state index in [1.54, 1.807) is 0 Å². The lowest BCUT2D eigenvalue weighted by Crippen LogP contribution is -2.39. The van der Waals surface area contributed by atoms with Gasteiger partial charge in [-0.15, -0.1) is 0 Å². The Morgan fingerprint density at radius 2 is 1.60 bits per heavy atom. The normalized spacial score (nSPS) is 11.9. The molecule has 0 aliphatic carbocycles. The first-order valence-electron chi connectivity index (χ1n) is 10.3. The number of hydrogen-bond donors (Lipinski definition) is 1. The summed E-state index contributed by atoms with van der Waals surface area (Å²) in [5.41, 5.74) is 0. The maximum atomic E-state index is 12.6. The second kappa shape index (κ2) is 9.31. The van der Waals surface area contributed by atoms with Crippen LogP contribution in [-0.4, -0.2) is 25.2 Å². The quantitative estimate of drug-likeness (QED) is 0.407. The first-order valence-corrected chi connectivity index (χ1v) is 10.3. The fraction of sp³-hybridized carbons (Fsp3) is 0.192. The van der Waals surface area contributed by atoms with Crippen LogP contribution in [0.25, 0.3) is 21.5 Å². The number of ether oxygens (including phenoxy) is 2. The molecule has 0 aliphatic heterocycles. The molecule has 1 N–H and O–H groups in total. The monoisotopic (exact) mass is 399 g/mol. The molecule has 0 aromatic heterocycles. The number of rotatable bonds is 8. The topological polar surface area (TPSA) is 47.6 Å². The number of hydrogen-bond acceptors (Lipinski definition) is 3. The molecule has 1 atom stereocenters. The third-order valence-electron chi connectivity index (χ3n) is 5.07. The minimum atomic E-state index is -0.538.